The Bertz CT molecular complexity index is 1900. The zero-order valence-corrected chi connectivity index (χ0v) is 49.1. The minimum Gasteiger partial charge on any atom is -0.462 e. The predicted octanol–water partition coefficient (Wildman–Crippen LogP) is 16.2. The summed E-state index contributed by atoms with van der Waals surface area (Å²) in [6.45, 7) is 15.1. The van der Waals surface area contributed by atoms with Crippen molar-refractivity contribution < 1.29 is 71.4 Å². The number of rotatable bonds is 23. The molecule has 9 rings (SSSR count). The van der Waals surface area contributed by atoms with E-state index in [1.807, 2.05) is 48.5 Å². The number of hydrogen-bond acceptors (Lipinski definition) is 15. The Labute approximate surface area is 512 Å². The second-order valence-corrected chi connectivity index (χ2v) is 26.2. The summed E-state index contributed by atoms with van der Waals surface area (Å²) in [6.07, 6.45) is 28.9. The van der Waals surface area contributed by atoms with E-state index in [0.717, 1.165) is 89.9 Å². The Kier molecular flexibility index (Phi) is 36.4. The normalized spacial score (nSPS) is 29.9. The van der Waals surface area contributed by atoms with Gasteiger partial charge in [-0.2, -0.15) is 0 Å². The molecule has 9 aliphatic rings. The average Bonchev–Trinajstić information content (AvgIpc) is 3.10. The van der Waals surface area contributed by atoms with E-state index in [-0.39, 0.29) is 173 Å². The molecular formula is C69H126O15. The Hall–Kier alpha value is -3.30. The van der Waals surface area contributed by atoms with Crippen LogP contribution < -0.4 is 0 Å². The van der Waals surface area contributed by atoms with Crippen LogP contribution >= 0.6 is 0 Å². The quantitative estimate of drug-likeness (QED) is 0.0407. The lowest BCUT2D eigenvalue weighted by Gasteiger charge is -2.31. The molecule has 84 heavy (non-hydrogen) atoms. The van der Waals surface area contributed by atoms with E-state index in [0.29, 0.717) is 42.8 Å². The minimum absolute atomic E-state index is 0. The molecule has 9 saturated carbocycles. The third-order valence-electron chi connectivity index (χ3n) is 20.2. The van der Waals surface area contributed by atoms with Crippen LogP contribution in [0.4, 0.5) is 0 Å². The first kappa shape index (κ1) is 78.7. The van der Waals surface area contributed by atoms with Gasteiger partial charge < -0.3 is 42.6 Å². The van der Waals surface area contributed by atoms with Crippen LogP contribution in [0.25, 0.3) is 0 Å². The molecule has 0 radical (unpaired) electrons. The van der Waals surface area contributed by atoms with Crippen LogP contribution in [0.15, 0.2) is 0 Å². The molecule has 0 saturated heterocycles. The van der Waals surface area contributed by atoms with Gasteiger partial charge >= 0.3 is 35.8 Å². The molecule has 0 aromatic carbocycles. The van der Waals surface area contributed by atoms with Crippen molar-refractivity contribution in [1.82, 2.24) is 0 Å². The molecule has 14 atom stereocenters. The predicted molar refractivity (Wildman–Crippen MR) is 332 cm³/mol. The van der Waals surface area contributed by atoms with Gasteiger partial charge in [0.1, 0.15) is 18.3 Å². The highest BCUT2D eigenvalue weighted by atomic mass is 16.7. The fraction of sp³-hybridized carbons (Fsp3) is 0.913. The van der Waals surface area contributed by atoms with Gasteiger partial charge in [0.05, 0.1) is 54.3 Å². The first-order chi connectivity index (χ1) is 37.6. The zero-order chi connectivity index (χ0) is 55.8. The molecule has 15 heteroatoms. The summed E-state index contributed by atoms with van der Waals surface area (Å²) in [4.78, 5) is 74.0. The monoisotopic (exact) mass is 1190 g/mol. The summed E-state index contributed by atoms with van der Waals surface area (Å²) in [5.41, 5.74) is -0.467. The van der Waals surface area contributed by atoms with Gasteiger partial charge in [-0.15, -0.1) is 0 Å². The van der Waals surface area contributed by atoms with Gasteiger partial charge in [-0.25, -0.2) is 0 Å². The Morgan fingerprint density at radius 3 is 1.10 bits per heavy atom. The fourth-order valence-electron chi connectivity index (χ4n) is 14.5. The topological polar surface area (TPSA) is 185 Å². The molecule has 6 bridgehead atoms. The summed E-state index contributed by atoms with van der Waals surface area (Å²) < 4.78 is 50.3. The van der Waals surface area contributed by atoms with E-state index in [2.05, 4.69) is 0 Å². The van der Waals surface area contributed by atoms with Gasteiger partial charge in [0.25, 0.3) is 0 Å². The molecule has 492 valence electrons. The van der Waals surface area contributed by atoms with Gasteiger partial charge in [-0.1, -0.05) is 137 Å². The summed E-state index contributed by atoms with van der Waals surface area (Å²) >= 11 is 0. The van der Waals surface area contributed by atoms with Crippen molar-refractivity contribution in [3.8, 4) is 0 Å². The second-order valence-electron chi connectivity index (χ2n) is 26.2. The van der Waals surface area contributed by atoms with Gasteiger partial charge in [-0.3, -0.25) is 28.8 Å². The summed E-state index contributed by atoms with van der Waals surface area (Å²) in [5.74, 6) is 1.52. The molecule has 0 spiro atoms. The van der Waals surface area contributed by atoms with E-state index in [1.165, 1.54) is 83.5 Å². The van der Waals surface area contributed by atoms with Crippen LogP contribution in [0.2, 0.25) is 0 Å². The third-order valence-corrected chi connectivity index (χ3v) is 20.2. The van der Waals surface area contributed by atoms with Crippen LogP contribution in [0.3, 0.4) is 0 Å². The highest BCUT2D eigenvalue weighted by molar-refractivity contribution is 5.77. The largest absolute Gasteiger partial charge is 0.462 e. The van der Waals surface area contributed by atoms with E-state index in [4.69, 9.17) is 42.6 Å². The number of carbonyl (C=O) groups excluding carboxylic acids is 6. The number of hydrogen-bond donors (Lipinski definition) is 0. The van der Waals surface area contributed by atoms with Crippen molar-refractivity contribution in [2.45, 2.75) is 291 Å². The standard InChI is InChI=1S/C22H36O5.C21H34O5.C20H32O5.6CH4/c1-4-22(2,3)21(24)27-19-12-16-10-17(19)18(11-16)20(23)26-14-25-13-15-8-6-5-7-9-15;1-3-14(2)20(22)26-19-11-16-9-17(19)18(10-16)21(23)25-13-24-12-15-7-5-4-6-8-15;1-3-13(2)19(21)25-18-11-14-9-16(18)17(10-14)20(22)24-12-23-15-7-5-4-6-8-15;;;;;;/h15-19H,4-14H2,1-3H3;14-19H,3-13H2,1-2H3;13-18H,3-12H2,1-2H3;6*1H4. The Morgan fingerprint density at radius 1 is 0.429 bits per heavy atom. The zero-order valence-electron chi connectivity index (χ0n) is 49.1. The maximum atomic E-state index is 12.5. The molecule has 15 nitrogen and oxygen atoms in total. The fourth-order valence-corrected chi connectivity index (χ4v) is 14.5. The maximum Gasteiger partial charge on any atom is 0.311 e. The van der Waals surface area contributed by atoms with E-state index < -0.39 is 5.41 Å². The van der Waals surface area contributed by atoms with E-state index in [9.17, 15) is 28.8 Å². The SMILES string of the molecule is C.C.C.C.C.C.CCC(C)(C)C(=O)OC1CC2CC(C(=O)OCOCC3CCCCC3)C1C2.CCC(C)C(=O)OC1CC2CC(C(=O)OCOC3CCCCC3)C1C2.CCC(C)C(=O)OC1CC2CC(C(=O)OCOCC3CCCCC3)C1C2. The average molecular weight is 1200 g/mol. The van der Waals surface area contributed by atoms with Crippen molar-refractivity contribution >= 4 is 35.8 Å². The first-order valence-corrected chi connectivity index (χ1v) is 31.5. The highest BCUT2D eigenvalue weighted by Gasteiger charge is 2.54. The van der Waals surface area contributed by atoms with Crippen LogP contribution in [-0.4, -0.2) is 93.8 Å². The van der Waals surface area contributed by atoms with Crippen molar-refractivity contribution in [3.63, 3.8) is 0 Å². The van der Waals surface area contributed by atoms with Gasteiger partial charge in [0.2, 0.25) is 0 Å². The molecule has 9 fully saturated rings. The third kappa shape index (κ3) is 22.4. The number of ether oxygens (including phenoxy) is 9. The number of carbonyl (C=O) groups is 6. The van der Waals surface area contributed by atoms with Crippen molar-refractivity contribution in [2.24, 2.45) is 82.3 Å². The Balaban J connectivity index is 0.000000609. The summed E-state index contributed by atoms with van der Waals surface area (Å²) in [5, 5.41) is 0. The van der Waals surface area contributed by atoms with Gasteiger partial charge in [0, 0.05) is 17.8 Å². The van der Waals surface area contributed by atoms with Crippen LogP contribution in [0.5, 0.6) is 0 Å². The smallest absolute Gasteiger partial charge is 0.311 e. The maximum absolute atomic E-state index is 12.5. The Morgan fingerprint density at radius 2 is 0.762 bits per heavy atom. The van der Waals surface area contributed by atoms with Crippen molar-refractivity contribution in [2.75, 3.05) is 33.6 Å². The van der Waals surface area contributed by atoms with Crippen LogP contribution in [0, 0.1) is 82.3 Å². The molecule has 0 aromatic rings. The minimum atomic E-state index is -0.467. The lowest BCUT2D eigenvalue weighted by molar-refractivity contribution is -0.174. The number of fused-ring (bicyclic) bond motifs is 6. The summed E-state index contributed by atoms with van der Waals surface area (Å²) in [7, 11) is 0. The number of esters is 6. The molecule has 0 N–H and O–H groups in total. The molecule has 0 aliphatic heterocycles. The van der Waals surface area contributed by atoms with Gasteiger partial charge in [0.15, 0.2) is 20.4 Å². The molecule has 14 unspecified atom stereocenters. The van der Waals surface area contributed by atoms with E-state index >= 15 is 0 Å². The van der Waals surface area contributed by atoms with Crippen LogP contribution in [0.1, 0.15) is 266 Å². The lowest BCUT2D eigenvalue weighted by Crippen LogP contribution is -2.37. The van der Waals surface area contributed by atoms with E-state index in [1.54, 1.807) is 0 Å². The molecular weight excluding hydrogens is 1070 g/mol. The van der Waals surface area contributed by atoms with Crippen molar-refractivity contribution in [1.29, 1.82) is 0 Å². The van der Waals surface area contributed by atoms with Crippen LogP contribution in [-0.2, 0) is 71.4 Å². The van der Waals surface area contributed by atoms with Crippen molar-refractivity contribution in [3.05, 3.63) is 0 Å². The molecule has 0 amide bonds. The highest BCUT2D eigenvalue weighted by Crippen LogP contribution is 2.53. The second kappa shape index (κ2) is 38.9. The molecule has 0 heterocycles. The molecule has 9 aliphatic carbocycles. The van der Waals surface area contributed by atoms with Gasteiger partial charge in [-0.05, 0) is 159 Å². The molecule has 0 aromatic heterocycles. The first-order valence-electron chi connectivity index (χ1n) is 31.5. The summed E-state index contributed by atoms with van der Waals surface area (Å²) in [6, 6.07) is 0. The lowest BCUT2D eigenvalue weighted by atomic mass is 9.86.